The van der Waals surface area contributed by atoms with Gasteiger partial charge < -0.3 is 5.32 Å². The molecule has 2 amide bonds. The van der Waals surface area contributed by atoms with Gasteiger partial charge in [-0.2, -0.15) is 0 Å². The zero-order valence-electron chi connectivity index (χ0n) is 12.8. The Kier molecular flexibility index (Phi) is 4.48. The maximum atomic E-state index is 12.7. The zero-order chi connectivity index (χ0) is 16.4. The third-order valence-electron chi connectivity index (χ3n) is 3.96. The molecule has 0 spiro atoms. The van der Waals surface area contributed by atoms with E-state index in [9.17, 15) is 9.59 Å². The molecule has 118 valence electrons. The Morgan fingerprint density at radius 2 is 1.83 bits per heavy atom. The van der Waals surface area contributed by atoms with E-state index in [0.717, 1.165) is 22.1 Å². The van der Waals surface area contributed by atoms with Crippen molar-refractivity contribution in [3.8, 4) is 0 Å². The lowest BCUT2D eigenvalue weighted by Gasteiger charge is -2.19. The molecule has 23 heavy (non-hydrogen) atoms. The van der Waals surface area contributed by atoms with Gasteiger partial charge in [0.25, 0.3) is 5.91 Å². The van der Waals surface area contributed by atoms with Crippen molar-refractivity contribution < 1.29 is 9.59 Å². The van der Waals surface area contributed by atoms with Crippen LogP contribution in [-0.4, -0.2) is 17.9 Å². The summed E-state index contributed by atoms with van der Waals surface area (Å²) in [5, 5.41) is 3.17. The van der Waals surface area contributed by atoms with Crippen LogP contribution in [0.1, 0.15) is 18.9 Å². The number of aryl methyl sites for hydroxylation is 1. The van der Waals surface area contributed by atoms with Crippen LogP contribution in [0.5, 0.6) is 0 Å². The largest absolute Gasteiger partial charge is 0.372 e. The van der Waals surface area contributed by atoms with E-state index in [1.54, 1.807) is 0 Å². The van der Waals surface area contributed by atoms with Crippen LogP contribution in [-0.2, 0) is 16.0 Å². The van der Waals surface area contributed by atoms with Gasteiger partial charge >= 0.3 is 0 Å². The van der Waals surface area contributed by atoms with Gasteiger partial charge in [-0.3, -0.25) is 9.59 Å². The number of nitrogens with one attached hydrogen (secondary N) is 1. The third-order valence-corrected chi connectivity index (χ3v) is 4.66. The van der Waals surface area contributed by atoms with Gasteiger partial charge in [0.2, 0.25) is 5.91 Å². The minimum atomic E-state index is -0.536. The minimum Gasteiger partial charge on any atom is -0.372 e. The Bertz CT molecular complexity index is 760. The van der Waals surface area contributed by atoms with Gasteiger partial charge in [0.15, 0.2) is 0 Å². The van der Waals surface area contributed by atoms with Gasteiger partial charge in [-0.1, -0.05) is 37.3 Å². The highest BCUT2D eigenvalue weighted by atomic mass is 79.9. The Morgan fingerprint density at radius 3 is 2.57 bits per heavy atom. The smallest absolute Gasteiger partial charge is 0.256 e. The number of halogens is 1. The molecule has 0 radical (unpaired) electrons. The predicted molar refractivity (Wildman–Crippen MR) is 94.5 cm³/mol. The summed E-state index contributed by atoms with van der Waals surface area (Å²) in [5.41, 5.74) is 2.50. The Hall–Kier alpha value is -2.14. The number of hydrogen-bond acceptors (Lipinski definition) is 3. The number of para-hydroxylation sites is 2. The quantitative estimate of drug-likeness (QED) is 0.831. The molecule has 1 fully saturated rings. The summed E-state index contributed by atoms with van der Waals surface area (Å²) in [7, 11) is 0. The zero-order valence-corrected chi connectivity index (χ0v) is 14.3. The van der Waals surface area contributed by atoms with Crippen LogP contribution in [0.2, 0.25) is 0 Å². The monoisotopic (exact) mass is 372 g/mol. The van der Waals surface area contributed by atoms with E-state index in [1.165, 1.54) is 4.90 Å². The van der Waals surface area contributed by atoms with Crippen molar-refractivity contribution in [2.75, 3.05) is 10.2 Å². The molecule has 1 heterocycles. The maximum absolute atomic E-state index is 12.7. The second kappa shape index (κ2) is 6.54. The van der Waals surface area contributed by atoms with Crippen LogP contribution in [0.4, 0.5) is 11.4 Å². The van der Waals surface area contributed by atoms with Crippen molar-refractivity contribution in [1.82, 2.24) is 0 Å². The topological polar surface area (TPSA) is 49.4 Å². The number of nitrogens with zero attached hydrogens (tertiary/aromatic N) is 1. The maximum Gasteiger partial charge on any atom is 0.256 e. The first-order valence-electron chi connectivity index (χ1n) is 7.57. The van der Waals surface area contributed by atoms with Crippen LogP contribution in [0.3, 0.4) is 0 Å². The Morgan fingerprint density at radius 1 is 1.13 bits per heavy atom. The van der Waals surface area contributed by atoms with Crippen molar-refractivity contribution in [3.63, 3.8) is 0 Å². The first-order valence-corrected chi connectivity index (χ1v) is 8.37. The van der Waals surface area contributed by atoms with E-state index in [1.807, 2.05) is 55.5 Å². The van der Waals surface area contributed by atoms with E-state index in [2.05, 4.69) is 21.2 Å². The van der Waals surface area contributed by atoms with Crippen molar-refractivity contribution in [2.24, 2.45) is 0 Å². The molecule has 2 aromatic rings. The summed E-state index contributed by atoms with van der Waals surface area (Å²) in [6.45, 7) is 2.01. The van der Waals surface area contributed by atoms with Crippen LogP contribution >= 0.6 is 15.9 Å². The molecule has 0 saturated carbocycles. The molecule has 1 atom stereocenters. The first-order chi connectivity index (χ1) is 11.1. The van der Waals surface area contributed by atoms with E-state index >= 15 is 0 Å². The second-order valence-electron chi connectivity index (χ2n) is 5.43. The number of rotatable bonds is 4. The van der Waals surface area contributed by atoms with Gasteiger partial charge in [0.1, 0.15) is 6.04 Å². The molecule has 0 aliphatic carbocycles. The highest BCUT2D eigenvalue weighted by Gasteiger charge is 2.40. The van der Waals surface area contributed by atoms with Crippen molar-refractivity contribution in [1.29, 1.82) is 0 Å². The summed E-state index contributed by atoms with van der Waals surface area (Å²) in [6.07, 6.45) is 0.938. The van der Waals surface area contributed by atoms with Crippen LogP contribution in [0.25, 0.3) is 0 Å². The van der Waals surface area contributed by atoms with Gasteiger partial charge in [-0.15, -0.1) is 0 Å². The lowest BCUT2D eigenvalue weighted by molar-refractivity contribution is -0.121. The summed E-state index contributed by atoms with van der Waals surface area (Å²) in [6, 6.07) is 14.6. The van der Waals surface area contributed by atoms with Crippen molar-refractivity contribution in [2.45, 2.75) is 25.8 Å². The normalized spacial score (nSPS) is 17.7. The average molecular weight is 373 g/mol. The molecule has 2 aromatic carbocycles. The fourth-order valence-electron chi connectivity index (χ4n) is 2.79. The predicted octanol–water partition coefficient (Wildman–Crippen LogP) is 3.76. The highest BCUT2D eigenvalue weighted by Crippen LogP contribution is 2.30. The number of carbonyl (C=O) groups excluding carboxylic acids is 2. The number of hydrogen-bond donors (Lipinski definition) is 1. The summed E-state index contributed by atoms with van der Waals surface area (Å²) < 4.78 is 0.868. The van der Waals surface area contributed by atoms with E-state index in [-0.39, 0.29) is 18.2 Å². The highest BCUT2D eigenvalue weighted by molar-refractivity contribution is 9.10. The molecule has 0 unspecified atom stereocenters. The fourth-order valence-corrected chi connectivity index (χ4v) is 3.19. The van der Waals surface area contributed by atoms with Gasteiger partial charge in [0.05, 0.1) is 12.1 Å². The summed E-state index contributed by atoms with van der Waals surface area (Å²) in [5.74, 6) is -0.368. The number of imide groups is 1. The van der Waals surface area contributed by atoms with Crippen LogP contribution in [0, 0.1) is 0 Å². The van der Waals surface area contributed by atoms with Crippen molar-refractivity contribution in [3.05, 3.63) is 58.6 Å². The average Bonchev–Trinajstić information content (AvgIpc) is 2.83. The Labute approximate surface area is 143 Å². The Balaban J connectivity index is 1.87. The van der Waals surface area contributed by atoms with E-state index in [4.69, 9.17) is 0 Å². The second-order valence-corrected chi connectivity index (χ2v) is 6.28. The van der Waals surface area contributed by atoms with Gasteiger partial charge in [-0.25, -0.2) is 4.90 Å². The molecule has 3 rings (SSSR count). The van der Waals surface area contributed by atoms with Crippen LogP contribution < -0.4 is 10.2 Å². The number of carbonyl (C=O) groups is 2. The molecule has 1 aliphatic rings. The van der Waals surface area contributed by atoms with Crippen LogP contribution in [0.15, 0.2) is 53.0 Å². The standard InChI is InChI=1S/C18H17BrN2O2/c1-2-12-7-3-6-10-16(12)21-17(22)11-15(18(21)23)20-14-9-5-4-8-13(14)19/h3-10,15,20H,2,11H2,1H3/t15-/m1/s1. The molecule has 1 N–H and O–H groups in total. The molecule has 5 heteroatoms. The molecule has 1 aliphatic heterocycles. The molecular formula is C18H17BrN2O2. The lowest BCUT2D eigenvalue weighted by atomic mass is 10.1. The molecular weight excluding hydrogens is 356 g/mol. The summed E-state index contributed by atoms with van der Waals surface area (Å²) in [4.78, 5) is 26.4. The molecule has 1 saturated heterocycles. The number of amides is 2. The number of benzene rings is 2. The minimum absolute atomic E-state index is 0.165. The molecule has 0 aromatic heterocycles. The third kappa shape index (κ3) is 3.01. The summed E-state index contributed by atoms with van der Waals surface area (Å²) >= 11 is 3.45. The van der Waals surface area contributed by atoms with E-state index < -0.39 is 6.04 Å². The van der Waals surface area contributed by atoms with E-state index in [0.29, 0.717) is 5.69 Å². The SMILES string of the molecule is CCc1ccccc1N1C(=O)C[C@@H](Nc2ccccc2Br)C1=O. The fraction of sp³-hybridized carbons (Fsp3) is 0.222. The molecule has 0 bridgehead atoms. The van der Waals surface area contributed by atoms with Gasteiger partial charge in [0, 0.05) is 10.2 Å². The van der Waals surface area contributed by atoms with Crippen molar-refractivity contribution >= 4 is 39.1 Å². The first kappa shape index (κ1) is 15.7. The van der Waals surface area contributed by atoms with Gasteiger partial charge in [-0.05, 0) is 46.1 Å². The molecule has 4 nitrogen and oxygen atoms in total. The lowest BCUT2D eigenvalue weighted by Crippen LogP contribution is -2.35. The number of anilines is 2.